The molecule has 0 spiro atoms. The summed E-state index contributed by atoms with van der Waals surface area (Å²) in [4.78, 5) is 12.4. The molecule has 0 saturated carbocycles. The van der Waals surface area contributed by atoms with E-state index in [0.717, 1.165) is 11.3 Å². The summed E-state index contributed by atoms with van der Waals surface area (Å²) in [5, 5.41) is 10.9. The minimum absolute atomic E-state index is 0.292. The van der Waals surface area contributed by atoms with Crippen LogP contribution in [0.4, 0.5) is 5.69 Å². The topological polar surface area (TPSA) is 69.0 Å². The quantitative estimate of drug-likeness (QED) is 0.784. The van der Waals surface area contributed by atoms with Gasteiger partial charge in [-0.25, -0.2) is 4.68 Å². The molecule has 6 nitrogen and oxygen atoms in total. The second-order valence-corrected chi connectivity index (χ2v) is 5.35. The normalized spacial score (nSPS) is 10.4. The molecule has 0 fully saturated rings. The van der Waals surface area contributed by atoms with Crippen LogP contribution in [0.5, 0.6) is 5.75 Å². The lowest BCUT2D eigenvalue weighted by Gasteiger charge is -2.06. The number of carbonyl (C=O) groups is 1. The number of hydrogen-bond acceptors (Lipinski definition) is 4. The Morgan fingerprint density at radius 2 is 1.96 bits per heavy atom. The van der Waals surface area contributed by atoms with Crippen LogP contribution in [0.1, 0.15) is 21.7 Å². The number of aromatic nitrogens is 3. The molecule has 122 valence electrons. The second kappa shape index (κ2) is 6.95. The predicted molar refractivity (Wildman–Crippen MR) is 91.3 cm³/mol. The smallest absolute Gasteiger partial charge is 0.278 e. The summed E-state index contributed by atoms with van der Waals surface area (Å²) in [7, 11) is 1.58. The zero-order chi connectivity index (χ0) is 16.9. The van der Waals surface area contributed by atoms with Crippen molar-refractivity contribution in [3.63, 3.8) is 0 Å². The van der Waals surface area contributed by atoms with Crippen LogP contribution in [-0.2, 0) is 6.54 Å². The molecule has 0 atom stereocenters. The molecular formula is C18H18N4O2. The standard InChI is InChI=1S/C18H18N4O2/c1-13-17(18(23)19-15-9-6-10-16(11-15)24-2)20-21-22(13)12-14-7-4-3-5-8-14/h3-11H,12H2,1-2H3,(H,19,23). The van der Waals surface area contributed by atoms with E-state index in [2.05, 4.69) is 15.6 Å². The molecule has 0 aliphatic carbocycles. The van der Waals surface area contributed by atoms with E-state index in [-0.39, 0.29) is 5.91 Å². The van der Waals surface area contributed by atoms with Gasteiger partial charge in [-0.1, -0.05) is 41.6 Å². The van der Waals surface area contributed by atoms with Crippen molar-refractivity contribution in [1.29, 1.82) is 0 Å². The van der Waals surface area contributed by atoms with Crippen LogP contribution >= 0.6 is 0 Å². The van der Waals surface area contributed by atoms with Crippen molar-refractivity contribution in [2.24, 2.45) is 0 Å². The number of nitrogens with one attached hydrogen (secondary N) is 1. The van der Waals surface area contributed by atoms with Crippen molar-refractivity contribution in [2.45, 2.75) is 13.5 Å². The summed E-state index contributed by atoms with van der Waals surface area (Å²) in [5.74, 6) is 0.386. The Bertz CT molecular complexity index is 843. The molecule has 0 aliphatic rings. The Hall–Kier alpha value is -3.15. The van der Waals surface area contributed by atoms with Gasteiger partial charge in [-0.15, -0.1) is 5.10 Å². The molecule has 3 aromatic rings. The number of nitrogens with zero attached hydrogens (tertiary/aromatic N) is 3. The van der Waals surface area contributed by atoms with E-state index in [4.69, 9.17) is 4.74 Å². The number of hydrogen-bond donors (Lipinski definition) is 1. The molecule has 0 radical (unpaired) electrons. The highest BCUT2D eigenvalue weighted by molar-refractivity contribution is 6.03. The predicted octanol–water partition coefficient (Wildman–Crippen LogP) is 2.90. The Morgan fingerprint density at radius 1 is 1.17 bits per heavy atom. The summed E-state index contributed by atoms with van der Waals surface area (Å²) in [6.07, 6.45) is 0. The maximum atomic E-state index is 12.4. The van der Waals surface area contributed by atoms with Gasteiger partial charge in [0.15, 0.2) is 5.69 Å². The maximum Gasteiger partial charge on any atom is 0.278 e. The maximum absolute atomic E-state index is 12.4. The van der Waals surface area contributed by atoms with Crippen LogP contribution in [0, 0.1) is 6.92 Å². The van der Waals surface area contributed by atoms with Gasteiger partial charge >= 0.3 is 0 Å². The van der Waals surface area contributed by atoms with E-state index in [9.17, 15) is 4.79 Å². The monoisotopic (exact) mass is 322 g/mol. The van der Waals surface area contributed by atoms with Crippen LogP contribution in [0.2, 0.25) is 0 Å². The Morgan fingerprint density at radius 3 is 2.71 bits per heavy atom. The van der Waals surface area contributed by atoms with Crippen LogP contribution in [0.3, 0.4) is 0 Å². The Labute approximate surface area is 140 Å². The number of methoxy groups -OCH3 is 1. The number of benzene rings is 2. The molecule has 1 amide bonds. The Balaban J connectivity index is 1.76. The third-order valence-corrected chi connectivity index (χ3v) is 3.70. The lowest BCUT2D eigenvalue weighted by molar-refractivity contribution is 0.102. The van der Waals surface area contributed by atoms with Gasteiger partial charge < -0.3 is 10.1 Å². The molecule has 1 aromatic heterocycles. The molecule has 0 unspecified atom stereocenters. The number of amides is 1. The average molecular weight is 322 g/mol. The van der Waals surface area contributed by atoms with Crippen molar-refractivity contribution in [3.8, 4) is 5.75 Å². The van der Waals surface area contributed by atoms with Crippen LogP contribution in [0.15, 0.2) is 54.6 Å². The molecule has 1 N–H and O–H groups in total. The van der Waals surface area contributed by atoms with Gasteiger partial charge in [0.1, 0.15) is 5.75 Å². The fourth-order valence-corrected chi connectivity index (χ4v) is 2.37. The highest BCUT2D eigenvalue weighted by Gasteiger charge is 2.17. The van der Waals surface area contributed by atoms with Crippen LogP contribution in [-0.4, -0.2) is 28.0 Å². The van der Waals surface area contributed by atoms with Crippen molar-refractivity contribution in [3.05, 3.63) is 71.5 Å². The van der Waals surface area contributed by atoms with E-state index in [1.165, 1.54) is 0 Å². The molecular weight excluding hydrogens is 304 g/mol. The van der Waals surface area contributed by atoms with Crippen LogP contribution < -0.4 is 10.1 Å². The van der Waals surface area contributed by atoms with Crippen molar-refractivity contribution >= 4 is 11.6 Å². The first-order chi connectivity index (χ1) is 11.7. The average Bonchev–Trinajstić information content (AvgIpc) is 2.97. The van der Waals surface area contributed by atoms with E-state index < -0.39 is 0 Å². The molecule has 24 heavy (non-hydrogen) atoms. The van der Waals surface area contributed by atoms with Gasteiger partial charge in [-0.3, -0.25) is 4.79 Å². The zero-order valence-electron chi connectivity index (χ0n) is 13.6. The lowest BCUT2D eigenvalue weighted by Crippen LogP contribution is -2.14. The summed E-state index contributed by atoms with van der Waals surface area (Å²) in [6.45, 7) is 2.41. The third kappa shape index (κ3) is 3.43. The van der Waals surface area contributed by atoms with Crippen molar-refractivity contribution < 1.29 is 9.53 Å². The third-order valence-electron chi connectivity index (χ3n) is 3.70. The molecule has 0 saturated heterocycles. The minimum atomic E-state index is -0.292. The molecule has 6 heteroatoms. The van der Waals surface area contributed by atoms with Gasteiger partial charge in [0.25, 0.3) is 5.91 Å². The summed E-state index contributed by atoms with van der Waals surface area (Å²) < 4.78 is 6.87. The van der Waals surface area contributed by atoms with E-state index in [1.54, 1.807) is 23.9 Å². The van der Waals surface area contributed by atoms with Gasteiger partial charge in [0, 0.05) is 11.8 Å². The first kappa shape index (κ1) is 15.7. The van der Waals surface area contributed by atoms with Gasteiger partial charge in [-0.05, 0) is 24.6 Å². The summed E-state index contributed by atoms with van der Waals surface area (Å²) in [6, 6.07) is 17.1. The second-order valence-electron chi connectivity index (χ2n) is 5.35. The summed E-state index contributed by atoms with van der Waals surface area (Å²) >= 11 is 0. The number of carbonyl (C=O) groups excluding carboxylic acids is 1. The van der Waals surface area contributed by atoms with Crippen LogP contribution in [0.25, 0.3) is 0 Å². The molecule has 3 rings (SSSR count). The SMILES string of the molecule is COc1cccc(NC(=O)c2nnn(Cc3ccccc3)c2C)c1. The van der Waals surface area contributed by atoms with Gasteiger partial charge in [0.2, 0.25) is 0 Å². The van der Waals surface area contributed by atoms with E-state index >= 15 is 0 Å². The lowest BCUT2D eigenvalue weighted by atomic mass is 10.2. The fourth-order valence-electron chi connectivity index (χ4n) is 2.37. The van der Waals surface area contributed by atoms with Crippen molar-refractivity contribution in [1.82, 2.24) is 15.0 Å². The number of ether oxygens (including phenoxy) is 1. The first-order valence-corrected chi connectivity index (χ1v) is 7.57. The molecule has 2 aromatic carbocycles. The molecule has 1 heterocycles. The summed E-state index contributed by atoms with van der Waals surface area (Å²) in [5.41, 5.74) is 2.79. The van der Waals surface area contributed by atoms with Crippen molar-refractivity contribution in [2.75, 3.05) is 12.4 Å². The Kier molecular flexibility index (Phi) is 4.56. The highest BCUT2D eigenvalue weighted by Crippen LogP contribution is 2.18. The fraction of sp³-hybridized carbons (Fsp3) is 0.167. The van der Waals surface area contributed by atoms with E-state index in [0.29, 0.717) is 23.7 Å². The van der Waals surface area contributed by atoms with Gasteiger partial charge in [0.05, 0.1) is 19.3 Å². The van der Waals surface area contributed by atoms with E-state index in [1.807, 2.05) is 49.4 Å². The van der Waals surface area contributed by atoms with Gasteiger partial charge in [-0.2, -0.15) is 0 Å². The molecule has 0 aliphatic heterocycles. The largest absolute Gasteiger partial charge is 0.497 e. The highest BCUT2D eigenvalue weighted by atomic mass is 16.5. The number of rotatable bonds is 5. The first-order valence-electron chi connectivity index (χ1n) is 7.57. The minimum Gasteiger partial charge on any atom is -0.497 e. The molecule has 0 bridgehead atoms. The zero-order valence-corrected chi connectivity index (χ0v) is 13.6. The number of anilines is 1.